The van der Waals surface area contributed by atoms with E-state index in [0.29, 0.717) is 0 Å². The van der Waals surface area contributed by atoms with E-state index in [9.17, 15) is 0 Å². The highest BCUT2D eigenvalue weighted by molar-refractivity contribution is 5.26. The van der Waals surface area contributed by atoms with E-state index in [0.717, 1.165) is 25.7 Å². The number of ether oxygens (including phenoxy) is 1. The van der Waals surface area contributed by atoms with Gasteiger partial charge in [0, 0.05) is 31.8 Å². The Balaban J connectivity index is 2.07. The van der Waals surface area contributed by atoms with E-state index in [1.54, 1.807) is 0 Å². The van der Waals surface area contributed by atoms with Crippen molar-refractivity contribution >= 4 is 0 Å². The van der Waals surface area contributed by atoms with E-state index in [1.807, 2.05) is 0 Å². The number of rotatable bonds is 5. The second-order valence-electron chi connectivity index (χ2n) is 6.21. The van der Waals surface area contributed by atoms with Gasteiger partial charge >= 0.3 is 0 Å². The highest BCUT2D eigenvalue weighted by Gasteiger charge is 2.24. The predicted octanol–water partition coefficient (Wildman–Crippen LogP) is 2.74. The first-order chi connectivity index (χ1) is 9.58. The quantitative estimate of drug-likeness (QED) is 0.898. The molecule has 1 aliphatic heterocycles. The minimum Gasteiger partial charge on any atom is -0.381 e. The average Bonchev–Trinajstić information content (AvgIpc) is 2.39. The van der Waals surface area contributed by atoms with Crippen LogP contribution in [0.1, 0.15) is 36.9 Å². The van der Waals surface area contributed by atoms with Crippen LogP contribution in [-0.4, -0.2) is 37.7 Å². The molecule has 0 saturated carbocycles. The van der Waals surface area contributed by atoms with Crippen LogP contribution < -0.4 is 5.73 Å². The van der Waals surface area contributed by atoms with Crippen molar-refractivity contribution in [2.75, 3.05) is 26.8 Å². The van der Waals surface area contributed by atoms with Crippen LogP contribution in [0.3, 0.4) is 0 Å². The predicted molar refractivity (Wildman–Crippen MR) is 83.7 cm³/mol. The van der Waals surface area contributed by atoms with Crippen LogP contribution in [0.15, 0.2) is 24.3 Å². The Labute approximate surface area is 123 Å². The summed E-state index contributed by atoms with van der Waals surface area (Å²) in [7, 11) is 2.20. The van der Waals surface area contributed by atoms with Crippen LogP contribution >= 0.6 is 0 Å². The van der Waals surface area contributed by atoms with Gasteiger partial charge in [0.05, 0.1) is 0 Å². The van der Waals surface area contributed by atoms with Crippen molar-refractivity contribution in [2.24, 2.45) is 11.7 Å². The van der Waals surface area contributed by atoms with E-state index < -0.39 is 0 Å². The highest BCUT2D eigenvalue weighted by atomic mass is 16.5. The van der Waals surface area contributed by atoms with Crippen LogP contribution in [0.25, 0.3) is 0 Å². The first-order valence-corrected chi connectivity index (χ1v) is 7.68. The Hall–Kier alpha value is -0.900. The fourth-order valence-electron chi connectivity index (χ4n) is 3.26. The van der Waals surface area contributed by atoms with Crippen molar-refractivity contribution in [3.05, 3.63) is 35.4 Å². The van der Waals surface area contributed by atoms with Gasteiger partial charge < -0.3 is 10.5 Å². The van der Waals surface area contributed by atoms with Crippen LogP contribution in [0, 0.1) is 12.8 Å². The van der Waals surface area contributed by atoms with E-state index in [1.165, 1.54) is 24.0 Å². The Morgan fingerprint density at radius 2 is 2.05 bits per heavy atom. The van der Waals surface area contributed by atoms with Gasteiger partial charge in [-0.25, -0.2) is 0 Å². The van der Waals surface area contributed by atoms with Crippen molar-refractivity contribution in [1.82, 2.24) is 4.90 Å². The summed E-state index contributed by atoms with van der Waals surface area (Å²) in [5.74, 6) is 0.736. The molecule has 2 atom stereocenters. The molecule has 1 saturated heterocycles. The summed E-state index contributed by atoms with van der Waals surface area (Å²) in [6.45, 7) is 7.16. The molecular weight excluding hydrogens is 248 g/mol. The fraction of sp³-hybridized carbons (Fsp3) is 0.647. The van der Waals surface area contributed by atoms with Gasteiger partial charge in [0.2, 0.25) is 0 Å². The second-order valence-corrected chi connectivity index (χ2v) is 6.21. The lowest BCUT2D eigenvalue weighted by Gasteiger charge is -2.35. The van der Waals surface area contributed by atoms with E-state index in [4.69, 9.17) is 10.5 Å². The lowest BCUT2D eigenvalue weighted by atomic mass is 9.94. The standard InChI is InChI=1S/C17H28N2O/c1-13-5-4-6-16(11-13)17(14(2)18)19(3)12-15-7-9-20-10-8-15/h4-6,11,14-15,17H,7-10,12,18H2,1-3H3. The van der Waals surface area contributed by atoms with Gasteiger partial charge in [0.1, 0.15) is 0 Å². The van der Waals surface area contributed by atoms with Crippen molar-refractivity contribution in [3.8, 4) is 0 Å². The van der Waals surface area contributed by atoms with Crippen LogP contribution in [0.5, 0.6) is 0 Å². The minimum absolute atomic E-state index is 0.127. The van der Waals surface area contributed by atoms with Gasteiger partial charge in [0.15, 0.2) is 0 Å². The maximum atomic E-state index is 6.26. The zero-order valence-electron chi connectivity index (χ0n) is 13.0. The Kier molecular flexibility index (Phi) is 5.58. The number of hydrogen-bond acceptors (Lipinski definition) is 3. The molecule has 1 aromatic rings. The summed E-state index contributed by atoms with van der Waals surface area (Å²) in [5.41, 5.74) is 8.89. The molecule has 0 amide bonds. The molecule has 1 aromatic carbocycles. The number of likely N-dealkylation sites (N-methyl/N-ethyl adjacent to an activating group) is 1. The largest absolute Gasteiger partial charge is 0.381 e. The molecule has 0 spiro atoms. The molecule has 1 heterocycles. The number of nitrogens with zero attached hydrogens (tertiary/aromatic N) is 1. The summed E-state index contributed by atoms with van der Waals surface area (Å²) in [6, 6.07) is 9.14. The molecule has 2 N–H and O–H groups in total. The van der Waals surface area contributed by atoms with E-state index in [2.05, 4.69) is 50.1 Å². The van der Waals surface area contributed by atoms with E-state index in [-0.39, 0.29) is 12.1 Å². The zero-order valence-corrected chi connectivity index (χ0v) is 13.0. The lowest BCUT2D eigenvalue weighted by Crippen LogP contribution is -2.40. The molecule has 0 aliphatic carbocycles. The molecule has 112 valence electrons. The third-order valence-corrected chi connectivity index (χ3v) is 4.24. The van der Waals surface area contributed by atoms with Crippen molar-refractivity contribution in [1.29, 1.82) is 0 Å². The van der Waals surface area contributed by atoms with Gasteiger partial charge in [-0.2, -0.15) is 0 Å². The molecule has 2 rings (SSSR count). The van der Waals surface area contributed by atoms with Crippen LogP contribution in [0.2, 0.25) is 0 Å². The second kappa shape index (κ2) is 7.21. The third kappa shape index (κ3) is 4.05. The summed E-state index contributed by atoms with van der Waals surface area (Å²) < 4.78 is 5.45. The molecule has 0 radical (unpaired) electrons. The minimum atomic E-state index is 0.127. The van der Waals surface area contributed by atoms with Gasteiger partial charge in [0.25, 0.3) is 0 Å². The monoisotopic (exact) mass is 276 g/mol. The number of nitrogens with two attached hydrogens (primary N) is 1. The first kappa shape index (κ1) is 15.5. The maximum absolute atomic E-state index is 6.26. The normalized spacial score (nSPS) is 20.1. The number of hydrogen-bond donors (Lipinski definition) is 1. The molecule has 2 unspecified atom stereocenters. The molecular formula is C17H28N2O. The van der Waals surface area contributed by atoms with Crippen molar-refractivity contribution in [3.63, 3.8) is 0 Å². The Morgan fingerprint density at radius 1 is 1.35 bits per heavy atom. The zero-order chi connectivity index (χ0) is 14.5. The molecule has 0 bridgehead atoms. The van der Waals surface area contributed by atoms with Crippen LogP contribution in [-0.2, 0) is 4.74 Å². The topological polar surface area (TPSA) is 38.5 Å². The summed E-state index contributed by atoms with van der Waals surface area (Å²) in [6.07, 6.45) is 2.34. The van der Waals surface area contributed by atoms with Gasteiger partial charge in [-0.1, -0.05) is 29.8 Å². The summed E-state index contributed by atoms with van der Waals surface area (Å²) >= 11 is 0. The maximum Gasteiger partial charge on any atom is 0.0493 e. The van der Waals surface area contributed by atoms with Crippen molar-refractivity contribution in [2.45, 2.75) is 38.8 Å². The average molecular weight is 276 g/mol. The van der Waals surface area contributed by atoms with Gasteiger partial charge in [-0.15, -0.1) is 0 Å². The summed E-state index contributed by atoms with van der Waals surface area (Å²) in [4.78, 5) is 2.43. The number of benzene rings is 1. The fourth-order valence-corrected chi connectivity index (χ4v) is 3.26. The first-order valence-electron chi connectivity index (χ1n) is 7.68. The molecule has 0 aromatic heterocycles. The van der Waals surface area contributed by atoms with Crippen molar-refractivity contribution < 1.29 is 4.74 Å². The Bertz CT molecular complexity index is 413. The lowest BCUT2D eigenvalue weighted by molar-refractivity contribution is 0.0487. The van der Waals surface area contributed by atoms with Crippen LogP contribution in [0.4, 0.5) is 0 Å². The molecule has 3 heteroatoms. The summed E-state index contributed by atoms with van der Waals surface area (Å²) in [5, 5.41) is 0. The molecule has 20 heavy (non-hydrogen) atoms. The Morgan fingerprint density at radius 3 is 2.65 bits per heavy atom. The van der Waals surface area contributed by atoms with Gasteiger partial charge in [-0.05, 0) is 45.2 Å². The number of aryl methyl sites for hydroxylation is 1. The molecule has 3 nitrogen and oxygen atoms in total. The third-order valence-electron chi connectivity index (χ3n) is 4.24. The smallest absolute Gasteiger partial charge is 0.0493 e. The molecule has 1 aliphatic rings. The highest BCUT2D eigenvalue weighted by Crippen LogP contribution is 2.26. The van der Waals surface area contributed by atoms with E-state index >= 15 is 0 Å². The molecule has 1 fully saturated rings. The van der Waals surface area contributed by atoms with Gasteiger partial charge in [-0.3, -0.25) is 4.90 Å². The SMILES string of the molecule is Cc1cccc(C(C(C)N)N(C)CC2CCOCC2)c1.